The van der Waals surface area contributed by atoms with Crippen LogP contribution in [0.4, 0.5) is 10.2 Å². The van der Waals surface area contributed by atoms with Gasteiger partial charge in [0, 0.05) is 6.07 Å². The summed E-state index contributed by atoms with van der Waals surface area (Å²) in [5.41, 5.74) is 2.41. The third-order valence-electron chi connectivity index (χ3n) is 5.43. The third-order valence-corrected chi connectivity index (χ3v) is 5.43. The second-order valence-electron chi connectivity index (χ2n) is 7.26. The number of benzene rings is 2. The molecule has 1 aliphatic carbocycles. The number of carbonyl (C=O) groups excluding carboxylic acids is 1. The first-order chi connectivity index (χ1) is 13.1. The number of halogens is 1. The molecule has 0 radical (unpaired) electrons. The molecule has 0 saturated heterocycles. The van der Waals surface area contributed by atoms with Crippen LogP contribution in [0, 0.1) is 12.7 Å². The van der Waals surface area contributed by atoms with Gasteiger partial charge >= 0.3 is 0 Å². The monoisotopic (exact) mass is 363 g/mol. The molecule has 1 heterocycles. The fourth-order valence-electron chi connectivity index (χ4n) is 3.63. The number of carbonyl (C=O) groups is 1. The van der Waals surface area contributed by atoms with Gasteiger partial charge in [0.1, 0.15) is 11.6 Å². The van der Waals surface area contributed by atoms with Crippen molar-refractivity contribution in [2.45, 2.75) is 38.1 Å². The fraction of sp³-hybridized carbons (Fsp3) is 0.273. The molecule has 3 aromatic rings. The smallest absolute Gasteiger partial charge is 0.236 e. The number of anilines is 1. The van der Waals surface area contributed by atoms with Crippen LogP contribution < -0.4 is 5.32 Å². The molecule has 27 heavy (non-hydrogen) atoms. The van der Waals surface area contributed by atoms with Crippen molar-refractivity contribution in [3.8, 4) is 0 Å². The van der Waals surface area contributed by atoms with E-state index in [1.165, 1.54) is 17.7 Å². The number of aryl methyl sites for hydroxylation is 1. The van der Waals surface area contributed by atoms with Gasteiger partial charge in [-0.2, -0.15) is 5.10 Å². The molecule has 0 atom stereocenters. The largest absolute Gasteiger partial charge is 0.310 e. The van der Waals surface area contributed by atoms with Crippen LogP contribution in [0.1, 0.15) is 36.0 Å². The van der Waals surface area contributed by atoms with Crippen LogP contribution in [0.15, 0.2) is 60.8 Å². The highest BCUT2D eigenvalue weighted by Crippen LogP contribution is 2.44. The molecule has 0 unspecified atom stereocenters. The zero-order valence-electron chi connectivity index (χ0n) is 15.3. The molecule has 2 aromatic carbocycles. The van der Waals surface area contributed by atoms with E-state index >= 15 is 0 Å². The summed E-state index contributed by atoms with van der Waals surface area (Å²) in [6.45, 7) is 2.63. The van der Waals surface area contributed by atoms with Gasteiger partial charge in [-0.3, -0.25) is 4.79 Å². The van der Waals surface area contributed by atoms with Crippen molar-refractivity contribution in [1.29, 1.82) is 0 Å². The van der Waals surface area contributed by atoms with Crippen LogP contribution in [-0.2, 0) is 16.8 Å². The van der Waals surface area contributed by atoms with Crippen LogP contribution in [0.5, 0.6) is 0 Å². The SMILES string of the molecule is Cc1ccc(Cn2nccc2NC(=O)C2(c3cccc(F)c3)CCC2)cc1. The predicted octanol–water partition coefficient (Wildman–Crippen LogP) is 4.44. The van der Waals surface area contributed by atoms with E-state index in [-0.39, 0.29) is 11.7 Å². The lowest BCUT2D eigenvalue weighted by Gasteiger charge is -2.40. The van der Waals surface area contributed by atoms with Crippen LogP contribution >= 0.6 is 0 Å². The number of rotatable bonds is 5. The first-order valence-corrected chi connectivity index (χ1v) is 9.22. The number of aromatic nitrogens is 2. The summed E-state index contributed by atoms with van der Waals surface area (Å²) in [6.07, 6.45) is 4.11. The van der Waals surface area contributed by atoms with E-state index in [0.717, 1.165) is 30.4 Å². The topological polar surface area (TPSA) is 46.9 Å². The Morgan fingerprint density at radius 3 is 2.63 bits per heavy atom. The van der Waals surface area contributed by atoms with Gasteiger partial charge in [0.15, 0.2) is 0 Å². The van der Waals surface area contributed by atoms with Crippen LogP contribution in [-0.4, -0.2) is 15.7 Å². The average Bonchev–Trinajstić information content (AvgIpc) is 3.03. The van der Waals surface area contributed by atoms with Crippen molar-refractivity contribution >= 4 is 11.7 Å². The molecule has 1 aromatic heterocycles. The molecular weight excluding hydrogens is 341 g/mol. The Kier molecular flexibility index (Phi) is 4.52. The van der Waals surface area contributed by atoms with Gasteiger partial charge in [-0.05, 0) is 43.0 Å². The summed E-state index contributed by atoms with van der Waals surface area (Å²) in [5.74, 6) is 0.254. The molecule has 4 nitrogen and oxygen atoms in total. The summed E-state index contributed by atoms with van der Waals surface area (Å²) in [6, 6.07) is 16.4. The van der Waals surface area contributed by atoms with Gasteiger partial charge in [0.05, 0.1) is 18.2 Å². The second kappa shape index (κ2) is 6.99. The minimum Gasteiger partial charge on any atom is -0.310 e. The lowest BCUT2D eigenvalue weighted by Crippen LogP contribution is -2.46. The molecule has 4 rings (SSSR count). The molecule has 0 spiro atoms. The number of amides is 1. The predicted molar refractivity (Wildman–Crippen MR) is 103 cm³/mol. The Balaban J connectivity index is 1.55. The fourth-order valence-corrected chi connectivity index (χ4v) is 3.63. The molecule has 1 fully saturated rings. The van der Waals surface area contributed by atoms with E-state index in [0.29, 0.717) is 12.4 Å². The van der Waals surface area contributed by atoms with Crippen LogP contribution in [0.25, 0.3) is 0 Å². The van der Waals surface area contributed by atoms with E-state index in [4.69, 9.17) is 0 Å². The Morgan fingerprint density at radius 2 is 1.96 bits per heavy atom. The Labute approximate surface area is 158 Å². The molecule has 1 saturated carbocycles. The molecule has 5 heteroatoms. The van der Waals surface area contributed by atoms with E-state index in [2.05, 4.69) is 34.7 Å². The number of hydrogen-bond acceptors (Lipinski definition) is 2. The molecular formula is C22H22FN3O. The van der Waals surface area contributed by atoms with Gasteiger partial charge in [-0.1, -0.05) is 48.4 Å². The third kappa shape index (κ3) is 3.37. The summed E-state index contributed by atoms with van der Waals surface area (Å²) in [5, 5.41) is 7.36. The highest BCUT2D eigenvalue weighted by Gasteiger charge is 2.46. The van der Waals surface area contributed by atoms with E-state index in [1.54, 1.807) is 23.0 Å². The van der Waals surface area contributed by atoms with E-state index < -0.39 is 5.41 Å². The van der Waals surface area contributed by atoms with Gasteiger partial charge in [0.2, 0.25) is 5.91 Å². The molecule has 1 amide bonds. The van der Waals surface area contributed by atoms with Crippen LogP contribution in [0.3, 0.4) is 0 Å². The van der Waals surface area contributed by atoms with Gasteiger partial charge in [0.25, 0.3) is 0 Å². The van der Waals surface area contributed by atoms with Gasteiger partial charge in [-0.15, -0.1) is 0 Å². The Morgan fingerprint density at radius 1 is 1.19 bits per heavy atom. The summed E-state index contributed by atoms with van der Waals surface area (Å²) < 4.78 is 15.5. The summed E-state index contributed by atoms with van der Waals surface area (Å²) in [7, 11) is 0. The van der Waals surface area contributed by atoms with Crippen molar-refractivity contribution in [2.75, 3.05) is 5.32 Å². The van der Waals surface area contributed by atoms with Gasteiger partial charge < -0.3 is 5.32 Å². The number of nitrogens with one attached hydrogen (secondary N) is 1. The maximum atomic E-state index is 13.7. The highest BCUT2D eigenvalue weighted by molar-refractivity contribution is 5.99. The Bertz CT molecular complexity index is 958. The normalized spacial score (nSPS) is 15.2. The molecule has 1 aliphatic rings. The maximum Gasteiger partial charge on any atom is 0.236 e. The molecule has 1 N–H and O–H groups in total. The zero-order chi connectivity index (χ0) is 18.9. The maximum absolute atomic E-state index is 13.7. The van der Waals surface area contributed by atoms with Crippen molar-refractivity contribution in [2.24, 2.45) is 0 Å². The lowest BCUT2D eigenvalue weighted by atomic mass is 9.64. The molecule has 0 bridgehead atoms. The Hall–Kier alpha value is -2.95. The van der Waals surface area contributed by atoms with Crippen molar-refractivity contribution in [3.63, 3.8) is 0 Å². The van der Waals surface area contributed by atoms with E-state index in [9.17, 15) is 9.18 Å². The first-order valence-electron chi connectivity index (χ1n) is 9.22. The first kappa shape index (κ1) is 17.5. The minimum atomic E-state index is -0.652. The average molecular weight is 363 g/mol. The van der Waals surface area contributed by atoms with Crippen molar-refractivity contribution in [1.82, 2.24) is 9.78 Å². The number of nitrogens with zero attached hydrogens (tertiary/aromatic N) is 2. The minimum absolute atomic E-state index is 0.0926. The summed E-state index contributed by atoms with van der Waals surface area (Å²) >= 11 is 0. The molecule has 0 aliphatic heterocycles. The number of hydrogen-bond donors (Lipinski definition) is 1. The van der Waals surface area contributed by atoms with Crippen molar-refractivity contribution in [3.05, 3.63) is 83.3 Å². The lowest BCUT2D eigenvalue weighted by molar-refractivity contribution is -0.124. The van der Waals surface area contributed by atoms with Crippen LogP contribution in [0.2, 0.25) is 0 Å². The van der Waals surface area contributed by atoms with Crippen molar-refractivity contribution < 1.29 is 9.18 Å². The second-order valence-corrected chi connectivity index (χ2v) is 7.26. The molecule has 138 valence electrons. The van der Waals surface area contributed by atoms with Gasteiger partial charge in [-0.25, -0.2) is 9.07 Å². The highest BCUT2D eigenvalue weighted by atomic mass is 19.1. The summed E-state index contributed by atoms with van der Waals surface area (Å²) in [4.78, 5) is 13.1. The van der Waals surface area contributed by atoms with E-state index in [1.807, 2.05) is 13.0 Å². The standard InChI is InChI=1S/C22H22FN3O/c1-16-6-8-17(9-7-16)15-26-20(10-13-24-26)25-21(27)22(11-3-12-22)18-4-2-5-19(23)14-18/h2,4-10,13-14H,3,11-12,15H2,1H3,(H,25,27). The zero-order valence-corrected chi connectivity index (χ0v) is 15.3. The quantitative estimate of drug-likeness (QED) is 0.728.